The molecule has 3 heteroatoms. The van der Waals surface area contributed by atoms with Crippen LogP contribution in [0.15, 0.2) is 29.9 Å². The number of benzene rings is 1. The molecule has 1 rings (SSSR count). The van der Waals surface area contributed by atoms with E-state index in [-0.39, 0.29) is 32.7 Å². The molecule has 0 heterocycles. The van der Waals surface area contributed by atoms with Gasteiger partial charge in [0, 0.05) is 0 Å². The molecular weight excluding hydrogens is 396 g/mol. The Bertz CT molecular complexity index is 534. The summed E-state index contributed by atoms with van der Waals surface area (Å²) in [5.41, 5.74) is 3.50. The molecule has 119 valence electrons. The van der Waals surface area contributed by atoms with E-state index < -0.39 is 0 Å². The summed E-state index contributed by atoms with van der Waals surface area (Å²) in [5.74, 6) is 1.70. The molecule has 0 saturated heterocycles. The van der Waals surface area contributed by atoms with Crippen LogP contribution in [0.4, 0.5) is 0 Å². The van der Waals surface area contributed by atoms with Crippen LogP contribution in [0.2, 0.25) is 0 Å². The van der Waals surface area contributed by atoms with Crippen molar-refractivity contribution < 1.29 is 54.4 Å². The molecule has 0 radical (unpaired) electrons. The van der Waals surface area contributed by atoms with E-state index in [2.05, 4.69) is 68.0 Å². The summed E-state index contributed by atoms with van der Waals surface area (Å²) in [6, 6.07) is 7.61. The predicted molar refractivity (Wildman–Crippen MR) is 89.8 cm³/mol. The Morgan fingerprint density at radius 2 is 2.13 bits per heavy atom. The van der Waals surface area contributed by atoms with Gasteiger partial charge < -0.3 is 0 Å². The minimum Gasteiger partial charge on any atom is 3.00 e. The van der Waals surface area contributed by atoms with Gasteiger partial charge in [0.2, 0.25) is 0 Å². The van der Waals surface area contributed by atoms with E-state index in [1.807, 2.05) is 6.07 Å². The molecule has 0 bridgehead atoms. The van der Waals surface area contributed by atoms with Crippen LogP contribution in [0.1, 0.15) is 57.1 Å². The van der Waals surface area contributed by atoms with Crippen LogP contribution in [-0.4, -0.2) is 11.3 Å². The minimum atomic E-state index is 0. The molecular formula is C20H24OVY-. The molecule has 1 aromatic carbocycles. The second kappa shape index (κ2) is 12.4. The molecule has 0 aliphatic heterocycles. The Kier molecular flexibility index (Phi) is 12.5. The summed E-state index contributed by atoms with van der Waals surface area (Å²) < 4.78 is 8.84. The standard InChI is InChI=1S/C20H24O.V.Y/c1-7-9-16(5)14-21-18-11-12-19(15(3)4)20(13-18)17(6)10-8-2;;/h1,7-9,11-12,15,17H,10,14H2,2-4,6H3;;/q-4;;+3/b16-9+;;. The first kappa shape index (κ1) is 23.1. The van der Waals surface area contributed by atoms with Crippen LogP contribution in [0.3, 0.4) is 0 Å². The maximum atomic E-state index is 5.83. The summed E-state index contributed by atoms with van der Waals surface area (Å²) in [6.45, 7) is 14.6. The second-order valence-electron chi connectivity index (χ2n) is 5.68. The van der Waals surface area contributed by atoms with E-state index in [4.69, 9.17) is 11.3 Å². The van der Waals surface area contributed by atoms with E-state index in [0.29, 0.717) is 18.4 Å². The Morgan fingerprint density at radius 1 is 1.43 bits per heavy atom. The van der Waals surface area contributed by atoms with Gasteiger partial charge in [0.05, 0.1) is 0 Å². The molecule has 1 nitrogen and oxygen atoms in total. The van der Waals surface area contributed by atoms with E-state index in [0.717, 1.165) is 17.7 Å². The zero-order valence-corrected chi connectivity index (χ0v) is 18.7. The first-order valence-electron chi connectivity index (χ1n) is 7.64. The summed E-state index contributed by atoms with van der Waals surface area (Å²) >= 11 is 2.30. The quantitative estimate of drug-likeness (QED) is 0.410. The third kappa shape index (κ3) is 7.65. The smallest absolute Gasteiger partial charge is 3.00 e. The third-order valence-electron chi connectivity index (χ3n) is 3.51. The number of ether oxygens (including phenoxy) is 1. The molecule has 0 spiro atoms. The molecule has 0 N–H and O–H groups in total. The summed E-state index contributed by atoms with van der Waals surface area (Å²) in [7, 11) is 0. The average Bonchev–Trinajstić information content (AvgIpc) is 2.51. The van der Waals surface area contributed by atoms with Crippen molar-refractivity contribution in [3.63, 3.8) is 0 Å². The molecule has 0 aliphatic carbocycles. The second-order valence-corrected chi connectivity index (χ2v) is 6.03. The van der Waals surface area contributed by atoms with E-state index in [9.17, 15) is 0 Å². The molecule has 0 fully saturated rings. The van der Waals surface area contributed by atoms with Gasteiger partial charge in [-0.3, -0.25) is 0 Å². The van der Waals surface area contributed by atoms with Gasteiger partial charge >= 0.3 is 178 Å². The van der Waals surface area contributed by atoms with Gasteiger partial charge in [-0.25, -0.2) is 0 Å². The first-order chi connectivity index (χ1) is 10.5. The van der Waals surface area contributed by atoms with Gasteiger partial charge in [-0.15, -0.1) is 0 Å². The summed E-state index contributed by atoms with van der Waals surface area (Å²) in [6.07, 6.45) is 6.53. The van der Waals surface area contributed by atoms with Crippen LogP contribution in [0.5, 0.6) is 5.75 Å². The van der Waals surface area contributed by atoms with Crippen LogP contribution >= 0.6 is 0 Å². The normalized spacial score (nSPS) is 12.4. The molecule has 0 saturated carbocycles. The first-order valence-corrected chi connectivity index (χ1v) is 8.34. The van der Waals surface area contributed by atoms with Gasteiger partial charge in [0.15, 0.2) is 0 Å². The van der Waals surface area contributed by atoms with Gasteiger partial charge in [-0.2, -0.15) is 0 Å². The van der Waals surface area contributed by atoms with Gasteiger partial charge in [0.25, 0.3) is 0 Å². The Morgan fingerprint density at radius 3 is 2.65 bits per heavy atom. The molecule has 0 amide bonds. The Labute approximate surface area is 176 Å². The van der Waals surface area contributed by atoms with Crippen LogP contribution in [-0.2, 0) is 49.7 Å². The largest absolute Gasteiger partial charge is 3.00 e. The maximum absolute atomic E-state index is 5.83. The van der Waals surface area contributed by atoms with Crippen LogP contribution < -0.4 is 4.74 Å². The van der Waals surface area contributed by atoms with Gasteiger partial charge in [-0.05, 0) is 0 Å². The van der Waals surface area contributed by atoms with E-state index in [1.54, 1.807) is 6.08 Å². The van der Waals surface area contributed by atoms with E-state index >= 15 is 0 Å². The summed E-state index contributed by atoms with van der Waals surface area (Å²) in [4.78, 5) is 0. The topological polar surface area (TPSA) is 9.23 Å². The number of hydrogen-bond acceptors (Lipinski definition) is 1. The van der Waals surface area contributed by atoms with Crippen molar-refractivity contribution in [3.8, 4) is 5.75 Å². The average molecular weight is 420 g/mol. The Balaban J connectivity index is 0.00000484. The molecule has 23 heavy (non-hydrogen) atoms. The predicted octanol–water partition coefficient (Wildman–Crippen LogP) is 4.85. The minimum absolute atomic E-state index is 0. The molecule has 0 aliphatic rings. The maximum Gasteiger partial charge on any atom is 3.00 e. The number of allylic oxidation sites excluding steroid dienone is 2. The van der Waals surface area contributed by atoms with Gasteiger partial charge in [0.1, 0.15) is 0 Å². The number of hydrogen-bond donors (Lipinski definition) is 0. The van der Waals surface area contributed by atoms with Crippen molar-refractivity contribution in [1.29, 1.82) is 0 Å². The summed E-state index contributed by atoms with van der Waals surface area (Å²) in [5, 5.41) is 0. The third-order valence-corrected chi connectivity index (χ3v) is 3.96. The van der Waals surface area contributed by atoms with Crippen molar-refractivity contribution >= 4 is 4.73 Å². The van der Waals surface area contributed by atoms with Crippen molar-refractivity contribution in [2.45, 2.75) is 46.0 Å². The fourth-order valence-corrected chi connectivity index (χ4v) is 2.58. The Hall–Kier alpha value is 0.0583. The van der Waals surface area contributed by atoms with Gasteiger partial charge in [-0.1, -0.05) is 0 Å². The zero-order valence-electron chi connectivity index (χ0n) is 14.5. The van der Waals surface area contributed by atoms with E-state index in [1.165, 1.54) is 17.2 Å². The van der Waals surface area contributed by atoms with Crippen molar-refractivity contribution in [2.75, 3.05) is 6.61 Å². The fourth-order valence-electron chi connectivity index (χ4n) is 2.36. The van der Waals surface area contributed by atoms with Crippen LogP contribution in [0, 0.1) is 19.1 Å². The molecule has 1 unspecified atom stereocenters. The van der Waals surface area contributed by atoms with Crippen molar-refractivity contribution in [2.24, 2.45) is 0 Å². The SMILES string of the molecule is [CH-]=C/C=C(\[C-]=[V])COc1[c-]c(C(C)C[CH-]C)c(C(C)C)cc1.[Y+3]. The molecule has 0 aromatic heterocycles. The molecule has 1 aromatic rings. The molecule has 1 atom stereocenters. The van der Waals surface area contributed by atoms with Crippen molar-refractivity contribution in [3.05, 3.63) is 60.1 Å². The zero-order chi connectivity index (χ0) is 16.5. The van der Waals surface area contributed by atoms with Crippen molar-refractivity contribution in [1.82, 2.24) is 0 Å². The fraction of sp³-hybridized carbons (Fsp3) is 0.400. The van der Waals surface area contributed by atoms with Crippen LogP contribution in [0.25, 0.3) is 0 Å². The number of rotatable bonds is 9. The monoisotopic (exact) mass is 420 g/mol.